The predicted molar refractivity (Wildman–Crippen MR) is 523 cm³/mol. The van der Waals surface area contributed by atoms with Gasteiger partial charge in [-0.1, -0.05) is 116 Å². The molecule has 3 aliphatic heterocycles. The third-order valence-electron chi connectivity index (χ3n) is 25.3. The summed E-state index contributed by atoms with van der Waals surface area (Å²) in [6.07, 6.45) is 5.40. The molecular formula is C97H137N21O23S. The van der Waals surface area contributed by atoms with E-state index < -0.39 is 278 Å². The molecule has 0 radical (unpaired) electrons. The Morgan fingerprint density at radius 1 is 0.570 bits per heavy atom. The SMILES string of the molecule is C#CC[C@H](NC(=O)[C@@H](C)NC(=O)[C@@H]1CSCC(=O)N[C@@H](Cc2ccc(O)cc2)C(=O)N(C)[C@@H](C)C(=O)N[C@@H](CC(N)=O)C(=O)N2CCC[C@H]2C(=O)N[C@@H](CN)C(=O)N[C@@H](CC(C)C)C(=O)N2C[C@H](O)C[C@H]2C(=O)N[C@@H](Cc2c[nH]c3ccccc23)C(=O)N[C@@H](CCN)C(=O)N[C@@H](Cc2cn(CC(=O)O)c3ccccc23)C(=O)N(C)[C@@H](CCCC)C(=O)N(C)[C@@H](CCCC)C(=O)N[C@@H](CC(C)C)C(=O)N1)C(=O)O. The van der Waals surface area contributed by atoms with E-state index >= 15 is 38.4 Å². The highest BCUT2D eigenvalue weighted by Crippen LogP contribution is 2.29. The highest BCUT2D eigenvalue weighted by molar-refractivity contribution is 8.00. The topological polar surface area (TPSA) is 653 Å². The number of nitrogens with one attached hydrogen (secondary N) is 12. The van der Waals surface area contributed by atoms with Crippen LogP contribution in [-0.4, -0.2) is 328 Å². The summed E-state index contributed by atoms with van der Waals surface area (Å²) in [6, 6.07) is -6.05. The number of likely N-dealkylation sites (N-methyl/N-ethyl adjacent to an activating group) is 3. The number of aliphatic carboxylic acids is 2. The van der Waals surface area contributed by atoms with Crippen LogP contribution in [-0.2, 0) is 117 Å². The molecule has 142 heavy (non-hydrogen) atoms. The van der Waals surface area contributed by atoms with Crippen LogP contribution in [0.25, 0.3) is 21.8 Å². The fourth-order valence-corrected chi connectivity index (χ4v) is 18.4. The van der Waals surface area contributed by atoms with Crippen molar-refractivity contribution in [3.05, 3.63) is 102 Å². The van der Waals surface area contributed by atoms with Crippen LogP contribution in [0.4, 0.5) is 0 Å². The van der Waals surface area contributed by atoms with Crippen LogP contribution in [0.1, 0.15) is 162 Å². The monoisotopic (exact) mass is 2000 g/mol. The fourth-order valence-electron chi connectivity index (χ4n) is 17.5. The highest BCUT2D eigenvalue weighted by atomic mass is 32.2. The molecule has 22 N–H and O–H groups in total. The van der Waals surface area contributed by atoms with Crippen molar-refractivity contribution in [1.29, 1.82) is 0 Å². The van der Waals surface area contributed by atoms with Crippen LogP contribution in [0.5, 0.6) is 5.75 Å². The number of amides is 17. The largest absolute Gasteiger partial charge is 0.508 e. The molecular weight excluding hydrogens is 1860 g/mol. The number of aromatic nitrogens is 2. The van der Waals surface area contributed by atoms with Gasteiger partial charge in [0.05, 0.1) is 18.3 Å². The normalized spacial score (nSPS) is 24.6. The molecule has 0 unspecified atom stereocenters. The Kier molecular flexibility index (Phi) is 43.0. The van der Waals surface area contributed by atoms with E-state index in [4.69, 9.17) is 23.6 Å². The molecule has 45 heteroatoms. The summed E-state index contributed by atoms with van der Waals surface area (Å²) >= 11 is 0.723. The number of unbranched alkanes of at least 4 members (excludes halogenated alkanes) is 2. The lowest BCUT2D eigenvalue weighted by atomic mass is 9.99. The molecule has 3 aromatic carbocycles. The number of carboxylic acid groups (broad SMARTS) is 2. The van der Waals surface area contributed by atoms with Crippen LogP contribution in [0.15, 0.2) is 85.2 Å². The number of H-pyrrole nitrogens is 1. The van der Waals surface area contributed by atoms with Gasteiger partial charge in [-0.3, -0.25) is 86.3 Å². The van der Waals surface area contributed by atoms with Gasteiger partial charge in [0.1, 0.15) is 109 Å². The van der Waals surface area contributed by atoms with Crippen molar-refractivity contribution < 1.29 is 112 Å². The van der Waals surface area contributed by atoms with Crippen LogP contribution >= 0.6 is 11.8 Å². The molecule has 44 nitrogen and oxygen atoms in total. The number of hydrogen-bond donors (Lipinski definition) is 19. The summed E-state index contributed by atoms with van der Waals surface area (Å²) in [4.78, 5) is 286. The number of carbonyl (C=O) groups is 19. The Bertz CT molecular complexity index is 5410. The maximum atomic E-state index is 16.0. The molecule has 3 saturated heterocycles. The van der Waals surface area contributed by atoms with Crippen molar-refractivity contribution in [2.45, 2.75) is 274 Å². The molecule has 3 fully saturated rings. The maximum Gasteiger partial charge on any atom is 0.327 e. The Hall–Kier alpha value is -13.7. The Balaban J connectivity index is 1.23. The molecule has 17 atom stereocenters. The van der Waals surface area contributed by atoms with E-state index in [0.29, 0.717) is 57.8 Å². The van der Waals surface area contributed by atoms with Crippen molar-refractivity contribution >= 4 is 146 Å². The number of carboxylic acids is 2. The average molecular weight is 2000 g/mol. The first-order valence-corrected chi connectivity index (χ1v) is 49.0. The number of nitrogens with two attached hydrogens (primary N) is 3. The number of para-hydroxylation sites is 2. The van der Waals surface area contributed by atoms with Gasteiger partial charge >= 0.3 is 11.9 Å². The number of aromatic amines is 1. The van der Waals surface area contributed by atoms with E-state index in [-0.39, 0.29) is 89.0 Å². The number of phenolic OH excluding ortho intramolecular Hbond substituents is 1. The van der Waals surface area contributed by atoms with Gasteiger partial charge in [0.25, 0.3) is 0 Å². The summed E-state index contributed by atoms with van der Waals surface area (Å²) in [6.45, 7) is 11.0. The number of carbonyl (C=O) groups excluding carboxylic acids is 17. The van der Waals surface area contributed by atoms with Crippen LogP contribution in [0.2, 0.25) is 0 Å². The second kappa shape index (κ2) is 53.8. The van der Waals surface area contributed by atoms with Crippen molar-refractivity contribution in [3.8, 4) is 18.1 Å². The zero-order valence-electron chi connectivity index (χ0n) is 82.0. The van der Waals surface area contributed by atoms with Crippen LogP contribution in [0, 0.1) is 24.2 Å². The van der Waals surface area contributed by atoms with Crippen molar-refractivity contribution in [2.75, 3.05) is 58.8 Å². The average Bonchev–Trinajstić information content (AvgIpc) is 1.63. The van der Waals surface area contributed by atoms with Gasteiger partial charge in [-0.15, -0.1) is 24.1 Å². The number of primary amides is 1. The van der Waals surface area contributed by atoms with Gasteiger partial charge in [0.2, 0.25) is 100 Å². The minimum atomic E-state index is -1.80. The molecule has 5 heterocycles. The summed E-state index contributed by atoms with van der Waals surface area (Å²) in [5, 5.41) is 71.7. The third kappa shape index (κ3) is 31.4. The molecule has 3 aliphatic rings. The first-order chi connectivity index (χ1) is 67.3. The van der Waals surface area contributed by atoms with Gasteiger partial charge in [0, 0.05) is 113 Å². The summed E-state index contributed by atoms with van der Waals surface area (Å²) < 4.78 is 1.43. The maximum absolute atomic E-state index is 16.0. The van der Waals surface area contributed by atoms with E-state index in [9.17, 15) is 73.2 Å². The van der Waals surface area contributed by atoms with Crippen molar-refractivity contribution in [3.63, 3.8) is 0 Å². The number of aliphatic hydroxyl groups excluding tert-OH is 1. The second-order valence-corrected chi connectivity index (χ2v) is 38.2. The molecule has 0 spiro atoms. The van der Waals surface area contributed by atoms with Gasteiger partial charge in [-0.2, -0.15) is 0 Å². The number of phenols is 1. The second-order valence-electron chi connectivity index (χ2n) is 37.2. The number of fused-ring (bicyclic) bond motifs is 4. The van der Waals surface area contributed by atoms with Crippen molar-refractivity contribution in [2.24, 2.45) is 29.0 Å². The minimum Gasteiger partial charge on any atom is -0.508 e. The summed E-state index contributed by atoms with van der Waals surface area (Å²) in [5.74, 6) is -19.1. The fraction of sp³-hybridized carbons (Fsp3) is 0.557. The quantitative estimate of drug-likeness (QED) is 0.0236. The first-order valence-electron chi connectivity index (χ1n) is 47.8. The molecule has 774 valence electrons. The van der Waals surface area contributed by atoms with Gasteiger partial charge in [0.15, 0.2) is 0 Å². The summed E-state index contributed by atoms with van der Waals surface area (Å²) in [7, 11) is 3.85. The van der Waals surface area contributed by atoms with Crippen LogP contribution in [0.3, 0.4) is 0 Å². The Morgan fingerprint density at radius 3 is 1.75 bits per heavy atom. The van der Waals surface area contributed by atoms with E-state index in [0.717, 1.165) is 36.3 Å². The molecule has 5 aromatic rings. The smallest absolute Gasteiger partial charge is 0.327 e. The molecule has 8 rings (SSSR count). The minimum absolute atomic E-state index is 0.0355. The standard InChI is InChI=1S/C97H137N21O23S/c1-13-16-27-75-89(132)106-66(38-52(4)5)85(128)112-73(88(131)102-54(8)82(125)105-65(23-15-3)97(140)141)50-142-51-80(122)103-69(40-56-31-33-59(119)34-32-56)92(135)113(10)55(9)83(126)108-71(44-79(100)121)94(137)117-37-22-30-76(117)90(133)111-72(45-99)87(130)109-68(39-53(6)7)95(138)118-48-60(120)43-78(118)91(134)107-67(41-57-46-101-63-26-20-18-24-61(57)63)86(129)104-64(35-36-98)84(127)110-70(93(136)115(12)77(28-17-14-2)96(139)114(75)11)42-58-47-116(49-81(123)124)74-29-21-19-25-62(58)74/h3,18-21,24-26,29,31-34,46-47,52-55,60,64-73,75-78,101,119-120H,13-14,16-17,22-23,27-28,30,35-45,48-51,98-99H2,1-2,4-12H3,(H2,100,121)(H,102,131)(H,103,122)(H,104,129)(H,105,125)(H,106,132)(H,107,134)(H,108,126)(H,109,130)(H,110,127)(H,111,133)(H,112,128)(H,123,124)(H,140,141)/t54-,55+,60-,64+,65+,66+,67+,68+,69+,70+,71+,72+,73+,75+,76+,77+,78+/m1/s1. The predicted octanol–water partition coefficient (Wildman–Crippen LogP) is -1.74. The number of aliphatic hydroxyl groups is 1. The number of aromatic hydroxyl groups is 1. The summed E-state index contributed by atoms with van der Waals surface area (Å²) in [5.41, 5.74) is 20.4. The third-order valence-corrected chi connectivity index (χ3v) is 26.4. The lowest BCUT2D eigenvalue weighted by Gasteiger charge is -2.36. The molecule has 0 saturated carbocycles. The highest BCUT2D eigenvalue weighted by Gasteiger charge is 2.47. The van der Waals surface area contributed by atoms with Gasteiger partial charge < -0.3 is 130 Å². The lowest BCUT2D eigenvalue weighted by Crippen LogP contribution is -2.62. The number of benzene rings is 3. The number of hydrogen-bond acceptors (Lipinski definition) is 24. The van der Waals surface area contributed by atoms with E-state index in [2.05, 4.69) is 69.4 Å². The lowest BCUT2D eigenvalue weighted by molar-refractivity contribution is -0.149. The van der Waals surface area contributed by atoms with Gasteiger partial charge in [-0.05, 0) is 118 Å². The molecule has 2 aromatic heterocycles. The number of terminal acetylenes is 1. The van der Waals surface area contributed by atoms with Crippen LogP contribution < -0.4 is 75.7 Å². The zero-order valence-corrected chi connectivity index (χ0v) is 82.8. The Morgan fingerprint density at radius 2 is 1.12 bits per heavy atom. The van der Waals surface area contributed by atoms with E-state index in [1.54, 1.807) is 82.4 Å². The molecule has 17 amide bonds. The molecule has 0 bridgehead atoms. The first kappa shape index (κ1) is 114. The van der Waals surface area contributed by atoms with E-state index in [1.165, 1.54) is 70.0 Å². The number of thioether (sulfide) groups is 1. The Labute approximate surface area is 827 Å². The zero-order chi connectivity index (χ0) is 105. The van der Waals surface area contributed by atoms with Crippen molar-refractivity contribution in [1.82, 2.24) is 92.5 Å². The number of rotatable bonds is 29. The van der Waals surface area contributed by atoms with Gasteiger partial charge in [-0.25, -0.2) is 4.79 Å². The van der Waals surface area contributed by atoms with E-state index in [1.807, 2.05) is 13.8 Å². The molecule has 0 aliphatic carbocycles. The number of nitrogens with zero attached hydrogens (tertiary/aromatic N) is 6.